The minimum absolute atomic E-state index is 0.0585. The van der Waals surface area contributed by atoms with Gasteiger partial charge >= 0.3 is 12.2 Å². The van der Waals surface area contributed by atoms with Crippen LogP contribution in [0.15, 0.2) is 97.8 Å². The molecule has 7 rings (SSSR count). The number of carbonyl (C=O) groups excluding carboxylic acids is 3. The van der Waals surface area contributed by atoms with Crippen LogP contribution in [0.4, 0.5) is 26.7 Å². The third-order valence-corrected chi connectivity index (χ3v) is 8.25. The number of amides is 2. The van der Waals surface area contributed by atoms with E-state index in [1.807, 2.05) is 60.7 Å². The summed E-state index contributed by atoms with van der Waals surface area (Å²) in [7, 11) is 0. The van der Waals surface area contributed by atoms with Gasteiger partial charge in [0.15, 0.2) is 12.1 Å². The monoisotopic (exact) mass is 747 g/mol. The van der Waals surface area contributed by atoms with E-state index in [2.05, 4.69) is 50.3 Å². The van der Waals surface area contributed by atoms with Crippen molar-refractivity contribution < 1.29 is 23.9 Å². The molecule has 0 spiro atoms. The van der Waals surface area contributed by atoms with Crippen molar-refractivity contribution in [1.29, 1.82) is 0 Å². The smallest absolute Gasteiger partial charge is 0.412 e. The van der Waals surface area contributed by atoms with Crippen LogP contribution in [0, 0.1) is 0 Å². The average molecular weight is 748 g/mol. The Balaban J connectivity index is 0.000000164. The van der Waals surface area contributed by atoms with Crippen molar-refractivity contribution in [3.63, 3.8) is 0 Å². The van der Waals surface area contributed by atoms with Crippen LogP contribution in [-0.4, -0.2) is 84.4 Å². The topological polar surface area (TPSA) is 204 Å². The van der Waals surface area contributed by atoms with E-state index in [0.717, 1.165) is 49.0 Å². The van der Waals surface area contributed by atoms with Gasteiger partial charge in [0.1, 0.15) is 24.9 Å². The highest BCUT2D eigenvalue weighted by atomic mass is 16.6. The number of hydrogen-bond acceptors (Lipinski definition) is 14. The SMILES string of the molecule is Nc1cnc(CN2CCCC2)nc1.O=C(Nc1cnc(CN2CCCC2)nc1)OCc1ccccc1.O=Cc1ncc(NC(=O)OCc2ccccc2)cn1. The molecular weight excluding hydrogens is 703 g/mol. The molecule has 2 amide bonds. The zero-order chi connectivity index (χ0) is 38.5. The standard InChI is InChI=1S/C17H20N4O2.C13H11N3O3.C9H14N4/c22-17(23-13-14-6-2-1-3-7-14)20-15-10-18-16(19-11-15)12-21-8-4-5-9-21;17-8-12-14-6-11(7-15-12)16-13(18)19-9-10-4-2-1-3-5-10;10-8-5-11-9(12-6-8)7-13-3-1-2-4-13/h1-3,6-7,10-11H,4-5,8-9,12-13H2,(H,20,22);1-8H,9H2,(H,16,18);5-6H,1-4,7,10H2. The highest BCUT2D eigenvalue weighted by molar-refractivity contribution is 5.84. The number of ether oxygens (including phenoxy) is 2. The summed E-state index contributed by atoms with van der Waals surface area (Å²) in [4.78, 5) is 62.6. The minimum Gasteiger partial charge on any atom is -0.444 e. The summed E-state index contributed by atoms with van der Waals surface area (Å²) in [6.07, 6.45) is 13.7. The summed E-state index contributed by atoms with van der Waals surface area (Å²) >= 11 is 0. The third-order valence-electron chi connectivity index (χ3n) is 8.25. The Morgan fingerprint density at radius 2 is 0.982 bits per heavy atom. The van der Waals surface area contributed by atoms with Gasteiger partial charge in [0, 0.05) is 0 Å². The largest absolute Gasteiger partial charge is 0.444 e. The lowest BCUT2D eigenvalue weighted by Crippen LogP contribution is -2.20. The van der Waals surface area contributed by atoms with Crippen LogP contribution in [0.2, 0.25) is 0 Å². The Labute approximate surface area is 319 Å². The van der Waals surface area contributed by atoms with Crippen LogP contribution in [0.5, 0.6) is 0 Å². The van der Waals surface area contributed by atoms with E-state index >= 15 is 0 Å². The highest BCUT2D eigenvalue weighted by Crippen LogP contribution is 2.13. The maximum absolute atomic E-state index is 11.8. The number of aromatic nitrogens is 6. The number of hydrogen-bond donors (Lipinski definition) is 3. The zero-order valence-electron chi connectivity index (χ0n) is 30.5. The quantitative estimate of drug-likeness (QED) is 0.143. The molecule has 0 atom stereocenters. The van der Waals surface area contributed by atoms with Crippen molar-refractivity contribution in [3.05, 3.63) is 126 Å². The Bertz CT molecular complexity index is 1870. The number of carbonyl (C=O) groups is 3. The number of nitrogen functional groups attached to an aromatic ring is 1. The molecule has 5 heterocycles. The molecule has 2 fully saturated rings. The molecule has 16 heteroatoms. The van der Waals surface area contributed by atoms with E-state index < -0.39 is 12.2 Å². The number of anilines is 3. The molecule has 2 saturated heterocycles. The van der Waals surface area contributed by atoms with Crippen LogP contribution in [-0.2, 0) is 35.8 Å². The fraction of sp³-hybridized carbons (Fsp3) is 0.308. The molecule has 2 aliphatic heterocycles. The molecule has 3 aromatic heterocycles. The van der Waals surface area contributed by atoms with Crippen molar-refractivity contribution in [2.45, 2.75) is 52.0 Å². The molecule has 4 N–H and O–H groups in total. The van der Waals surface area contributed by atoms with E-state index in [1.54, 1.807) is 24.8 Å². The van der Waals surface area contributed by atoms with Crippen molar-refractivity contribution >= 4 is 35.5 Å². The van der Waals surface area contributed by atoms with Gasteiger partial charge in [0.2, 0.25) is 0 Å². The molecule has 2 aromatic carbocycles. The van der Waals surface area contributed by atoms with Crippen LogP contribution in [0.3, 0.4) is 0 Å². The van der Waals surface area contributed by atoms with E-state index in [1.165, 1.54) is 51.2 Å². The molecule has 2 aliphatic rings. The van der Waals surface area contributed by atoms with Crippen LogP contribution >= 0.6 is 0 Å². The predicted octanol–water partition coefficient (Wildman–Crippen LogP) is 5.51. The molecule has 0 bridgehead atoms. The van der Waals surface area contributed by atoms with Crippen molar-refractivity contribution in [2.75, 3.05) is 42.5 Å². The summed E-state index contributed by atoms with van der Waals surface area (Å²) in [5.41, 5.74) is 8.86. The number of rotatable bonds is 11. The Hall–Kier alpha value is -6.39. The minimum atomic E-state index is -0.605. The van der Waals surface area contributed by atoms with Crippen LogP contribution in [0.25, 0.3) is 0 Å². The normalized spacial score (nSPS) is 13.7. The van der Waals surface area contributed by atoms with Crippen molar-refractivity contribution in [2.24, 2.45) is 0 Å². The second-order valence-corrected chi connectivity index (χ2v) is 12.6. The first-order valence-corrected chi connectivity index (χ1v) is 18.0. The molecule has 286 valence electrons. The second kappa shape index (κ2) is 22.0. The number of nitrogens with two attached hydrogens (primary N) is 1. The fourth-order valence-electron chi connectivity index (χ4n) is 5.45. The number of nitrogens with zero attached hydrogens (tertiary/aromatic N) is 8. The maximum Gasteiger partial charge on any atom is 0.412 e. The molecule has 0 aliphatic carbocycles. The molecule has 0 radical (unpaired) electrons. The van der Waals surface area contributed by atoms with Gasteiger partial charge < -0.3 is 15.2 Å². The van der Waals surface area contributed by atoms with Gasteiger partial charge in [-0.25, -0.2) is 39.5 Å². The summed E-state index contributed by atoms with van der Waals surface area (Å²) in [5, 5.41) is 5.09. The Morgan fingerprint density at radius 3 is 1.38 bits per heavy atom. The summed E-state index contributed by atoms with van der Waals surface area (Å²) < 4.78 is 10.2. The van der Waals surface area contributed by atoms with E-state index in [4.69, 9.17) is 15.2 Å². The first-order valence-electron chi connectivity index (χ1n) is 18.0. The van der Waals surface area contributed by atoms with Crippen LogP contribution < -0.4 is 16.4 Å². The predicted molar refractivity (Wildman–Crippen MR) is 205 cm³/mol. The lowest BCUT2D eigenvalue weighted by molar-refractivity contribution is 0.111. The molecule has 55 heavy (non-hydrogen) atoms. The number of nitrogens with one attached hydrogen (secondary N) is 2. The number of benzene rings is 2. The van der Waals surface area contributed by atoms with Gasteiger partial charge in [-0.3, -0.25) is 25.2 Å². The lowest BCUT2D eigenvalue weighted by Gasteiger charge is -2.13. The van der Waals surface area contributed by atoms with Crippen LogP contribution in [0.1, 0.15) is 59.1 Å². The Kier molecular flexibility index (Phi) is 15.9. The lowest BCUT2D eigenvalue weighted by atomic mass is 10.2. The molecule has 16 nitrogen and oxygen atoms in total. The van der Waals surface area contributed by atoms with Gasteiger partial charge in [-0.05, 0) is 63.0 Å². The molecular formula is C39H45N11O5. The van der Waals surface area contributed by atoms with Crippen molar-refractivity contribution in [1.82, 2.24) is 39.7 Å². The summed E-state index contributed by atoms with van der Waals surface area (Å²) in [5.74, 6) is 1.70. The van der Waals surface area contributed by atoms with E-state index in [0.29, 0.717) is 23.3 Å². The van der Waals surface area contributed by atoms with Gasteiger partial charge in [0.25, 0.3) is 0 Å². The highest BCUT2D eigenvalue weighted by Gasteiger charge is 2.14. The summed E-state index contributed by atoms with van der Waals surface area (Å²) in [6.45, 7) is 6.60. The van der Waals surface area contributed by atoms with Gasteiger partial charge in [0.05, 0.1) is 67.3 Å². The van der Waals surface area contributed by atoms with Crippen molar-refractivity contribution in [3.8, 4) is 0 Å². The molecule has 0 unspecified atom stereocenters. The number of likely N-dealkylation sites (tertiary alicyclic amines) is 2. The first kappa shape index (κ1) is 39.8. The second-order valence-electron chi connectivity index (χ2n) is 12.6. The van der Waals surface area contributed by atoms with Gasteiger partial charge in [-0.15, -0.1) is 0 Å². The van der Waals surface area contributed by atoms with E-state index in [-0.39, 0.29) is 19.0 Å². The zero-order valence-corrected chi connectivity index (χ0v) is 30.5. The van der Waals surface area contributed by atoms with Gasteiger partial charge in [-0.1, -0.05) is 60.7 Å². The molecule has 0 saturated carbocycles. The fourth-order valence-corrected chi connectivity index (χ4v) is 5.45. The first-order chi connectivity index (χ1) is 26.9. The Morgan fingerprint density at radius 1 is 0.600 bits per heavy atom. The summed E-state index contributed by atoms with van der Waals surface area (Å²) in [6, 6.07) is 18.9. The number of aldehydes is 1. The van der Waals surface area contributed by atoms with E-state index in [9.17, 15) is 14.4 Å². The van der Waals surface area contributed by atoms with Gasteiger partial charge in [-0.2, -0.15) is 0 Å². The average Bonchev–Trinajstić information content (AvgIpc) is 3.95. The maximum atomic E-state index is 11.8. The molecule has 5 aromatic rings. The third kappa shape index (κ3) is 14.9.